The Bertz CT molecular complexity index is 1900. The fourth-order valence-electron chi connectivity index (χ4n) is 3.99. The van der Waals surface area contributed by atoms with Gasteiger partial charge in [0.1, 0.15) is 9.40 Å². The molecule has 1 fully saturated rings. The molecule has 0 unspecified atom stereocenters. The predicted molar refractivity (Wildman–Crippen MR) is 169 cm³/mol. The normalized spacial score (nSPS) is 12.9. The van der Waals surface area contributed by atoms with E-state index in [9.17, 15) is 9.59 Å². The Labute approximate surface area is 257 Å². The molecule has 14 heteroatoms. The van der Waals surface area contributed by atoms with E-state index in [1.807, 2.05) is 62.4 Å². The summed E-state index contributed by atoms with van der Waals surface area (Å²) in [6, 6.07) is 15.1. The van der Waals surface area contributed by atoms with Crippen molar-refractivity contribution in [2.24, 2.45) is 11.8 Å². The summed E-state index contributed by atoms with van der Waals surface area (Å²) in [5.74, 6) is 0.0717. The second-order valence-electron chi connectivity index (χ2n) is 9.93. The second kappa shape index (κ2) is 11.8. The summed E-state index contributed by atoms with van der Waals surface area (Å²) in [6.07, 6.45) is 1.95. The van der Waals surface area contributed by atoms with Crippen LogP contribution >= 0.6 is 45.9 Å². The van der Waals surface area contributed by atoms with Crippen molar-refractivity contribution in [3.63, 3.8) is 0 Å². The van der Waals surface area contributed by atoms with E-state index in [1.165, 1.54) is 22.7 Å². The second-order valence-corrected chi connectivity index (χ2v) is 12.8. The molecule has 1 saturated carbocycles. The standard InChI is InChI=1S/C14H11ClN4OS.C14H13ClN4OS/c15-9-5-3-7(4-6-9)10-11-12(19-18-10)16-14(21-11)17-13(20)8-1-2-8;1-7(2)13(20)17-14-16-12-11(21-14)10(18-19-12)8-5-3-4-6-9(8)15/h3-6,8H,1-2H2,(H2,16,17,18,19,20);3-7H,1-2H3,(H2,16,17,18,19,20). The van der Waals surface area contributed by atoms with E-state index in [4.69, 9.17) is 23.2 Å². The Morgan fingerprint density at radius 1 is 0.857 bits per heavy atom. The van der Waals surface area contributed by atoms with Crippen molar-refractivity contribution in [3.05, 3.63) is 58.6 Å². The molecule has 0 bridgehead atoms. The van der Waals surface area contributed by atoms with Crippen LogP contribution in [0.3, 0.4) is 0 Å². The van der Waals surface area contributed by atoms with Crippen molar-refractivity contribution < 1.29 is 9.59 Å². The molecule has 0 radical (unpaired) electrons. The number of H-pyrrole nitrogens is 2. The molecule has 214 valence electrons. The number of amides is 2. The van der Waals surface area contributed by atoms with Crippen molar-refractivity contribution >= 4 is 88.6 Å². The first-order valence-electron chi connectivity index (χ1n) is 13.1. The highest BCUT2D eigenvalue weighted by atomic mass is 35.5. The summed E-state index contributed by atoms with van der Waals surface area (Å²) < 4.78 is 1.81. The van der Waals surface area contributed by atoms with Crippen LogP contribution in [0.25, 0.3) is 43.2 Å². The molecule has 1 aliphatic carbocycles. The minimum Gasteiger partial charge on any atom is -0.302 e. The molecule has 4 heterocycles. The van der Waals surface area contributed by atoms with Crippen molar-refractivity contribution in [2.45, 2.75) is 26.7 Å². The van der Waals surface area contributed by atoms with Crippen LogP contribution < -0.4 is 10.6 Å². The average molecular weight is 640 g/mol. The molecule has 0 spiro atoms. The number of benzene rings is 2. The van der Waals surface area contributed by atoms with Crippen LogP contribution in [0.15, 0.2) is 48.5 Å². The van der Waals surface area contributed by atoms with E-state index in [0.29, 0.717) is 31.6 Å². The van der Waals surface area contributed by atoms with E-state index in [0.717, 1.165) is 44.8 Å². The number of carbonyl (C=O) groups is 2. The Morgan fingerprint density at radius 3 is 2.07 bits per heavy atom. The number of hydrogen-bond donors (Lipinski definition) is 4. The Balaban J connectivity index is 0.000000150. The van der Waals surface area contributed by atoms with Gasteiger partial charge in [-0.1, -0.05) is 90.1 Å². The number of carbonyl (C=O) groups excluding carboxylic acids is 2. The predicted octanol–water partition coefficient (Wildman–Crippen LogP) is 7.62. The molecule has 42 heavy (non-hydrogen) atoms. The van der Waals surface area contributed by atoms with E-state index in [1.54, 1.807) is 0 Å². The minimum atomic E-state index is -0.0918. The maximum atomic E-state index is 11.8. The molecular weight excluding hydrogens is 615 g/mol. The van der Waals surface area contributed by atoms with Crippen molar-refractivity contribution in [2.75, 3.05) is 10.6 Å². The maximum absolute atomic E-state index is 11.8. The first-order chi connectivity index (χ1) is 20.3. The quantitative estimate of drug-likeness (QED) is 0.148. The molecule has 4 aromatic heterocycles. The van der Waals surface area contributed by atoms with Crippen LogP contribution in [0.4, 0.5) is 10.3 Å². The van der Waals surface area contributed by atoms with E-state index in [-0.39, 0.29) is 23.7 Å². The smallest absolute Gasteiger partial charge is 0.229 e. The zero-order chi connectivity index (χ0) is 29.4. The number of aromatic amines is 2. The molecular formula is C28H24Cl2N8O2S2. The van der Waals surface area contributed by atoms with E-state index >= 15 is 0 Å². The molecule has 6 aromatic rings. The van der Waals surface area contributed by atoms with Crippen LogP contribution in [-0.4, -0.2) is 42.2 Å². The zero-order valence-electron chi connectivity index (χ0n) is 22.4. The lowest BCUT2D eigenvalue weighted by atomic mass is 10.1. The fraction of sp³-hybridized carbons (Fsp3) is 0.214. The summed E-state index contributed by atoms with van der Waals surface area (Å²) in [5.41, 5.74) is 4.77. The topological polar surface area (TPSA) is 141 Å². The van der Waals surface area contributed by atoms with Gasteiger partial charge in [-0.25, -0.2) is 0 Å². The highest BCUT2D eigenvalue weighted by Gasteiger charge is 2.30. The number of thiazole rings is 2. The maximum Gasteiger partial charge on any atom is 0.229 e. The molecule has 1 aliphatic rings. The van der Waals surface area contributed by atoms with Gasteiger partial charge in [-0.3, -0.25) is 19.8 Å². The molecule has 0 saturated heterocycles. The van der Waals surface area contributed by atoms with Crippen molar-refractivity contribution in [3.8, 4) is 22.5 Å². The number of rotatable bonds is 6. The third kappa shape index (κ3) is 6.02. The average Bonchev–Trinajstić information content (AvgIpc) is 3.24. The number of nitrogens with one attached hydrogen (secondary N) is 4. The summed E-state index contributed by atoms with van der Waals surface area (Å²) in [4.78, 5) is 32.2. The summed E-state index contributed by atoms with van der Waals surface area (Å²) in [6.45, 7) is 3.67. The number of halogens is 2. The van der Waals surface area contributed by atoms with Gasteiger partial charge in [0.15, 0.2) is 21.6 Å². The molecule has 10 nitrogen and oxygen atoms in total. The van der Waals surface area contributed by atoms with Crippen LogP contribution in [0.2, 0.25) is 10.0 Å². The first-order valence-corrected chi connectivity index (χ1v) is 15.5. The monoisotopic (exact) mass is 638 g/mol. The molecule has 2 amide bonds. The Kier molecular flexibility index (Phi) is 7.95. The van der Waals surface area contributed by atoms with Gasteiger partial charge in [-0.05, 0) is 31.0 Å². The van der Waals surface area contributed by atoms with E-state index < -0.39 is 0 Å². The molecule has 0 atom stereocenters. The largest absolute Gasteiger partial charge is 0.302 e. The van der Waals surface area contributed by atoms with Gasteiger partial charge < -0.3 is 10.6 Å². The summed E-state index contributed by atoms with van der Waals surface area (Å²) >= 11 is 14.9. The van der Waals surface area contributed by atoms with Gasteiger partial charge in [0.25, 0.3) is 0 Å². The zero-order valence-corrected chi connectivity index (χ0v) is 25.5. The van der Waals surface area contributed by atoms with Gasteiger partial charge in [-0.2, -0.15) is 20.2 Å². The van der Waals surface area contributed by atoms with Crippen LogP contribution in [0, 0.1) is 11.8 Å². The number of nitrogens with zero attached hydrogens (tertiary/aromatic N) is 4. The van der Waals surface area contributed by atoms with Gasteiger partial charge in [0.2, 0.25) is 11.8 Å². The molecule has 2 aromatic carbocycles. The minimum absolute atomic E-state index is 0.0587. The molecule has 0 aliphatic heterocycles. The van der Waals surface area contributed by atoms with E-state index in [2.05, 4.69) is 41.0 Å². The SMILES string of the molecule is CC(C)C(=O)Nc1nc2n[nH]c(-c3ccccc3Cl)c2s1.O=C(Nc1nc2n[nH]c(-c3ccc(Cl)cc3)c2s1)C1CC1. The molecule has 7 rings (SSSR count). The highest BCUT2D eigenvalue weighted by Crippen LogP contribution is 2.37. The van der Waals surface area contributed by atoms with Crippen molar-refractivity contribution in [1.29, 1.82) is 0 Å². The summed E-state index contributed by atoms with van der Waals surface area (Å²) in [5, 5.41) is 22.5. The van der Waals surface area contributed by atoms with Gasteiger partial charge in [-0.15, -0.1) is 0 Å². The van der Waals surface area contributed by atoms with Gasteiger partial charge >= 0.3 is 0 Å². The summed E-state index contributed by atoms with van der Waals surface area (Å²) in [7, 11) is 0. The fourth-order valence-corrected chi connectivity index (χ4v) is 6.19. The van der Waals surface area contributed by atoms with Crippen LogP contribution in [-0.2, 0) is 9.59 Å². The lowest BCUT2D eigenvalue weighted by molar-refractivity contribution is -0.119. The number of aromatic nitrogens is 6. The number of fused-ring (bicyclic) bond motifs is 2. The van der Waals surface area contributed by atoms with Gasteiger partial charge in [0, 0.05) is 33.0 Å². The van der Waals surface area contributed by atoms with Crippen molar-refractivity contribution in [1.82, 2.24) is 30.4 Å². The van der Waals surface area contributed by atoms with Gasteiger partial charge in [0.05, 0.1) is 11.4 Å². The van der Waals surface area contributed by atoms with Crippen LogP contribution in [0.1, 0.15) is 26.7 Å². The Hall–Kier alpha value is -3.84. The molecule has 4 N–H and O–H groups in total. The number of anilines is 2. The lowest BCUT2D eigenvalue weighted by Crippen LogP contribution is -2.17. The van der Waals surface area contributed by atoms with Crippen LogP contribution in [0.5, 0.6) is 0 Å². The Morgan fingerprint density at radius 2 is 1.45 bits per heavy atom. The lowest BCUT2D eigenvalue weighted by Gasteiger charge is -2.03. The third-order valence-electron chi connectivity index (χ3n) is 6.43. The third-order valence-corrected chi connectivity index (χ3v) is 8.97. The highest BCUT2D eigenvalue weighted by molar-refractivity contribution is 7.23. The first kappa shape index (κ1) is 28.3. The number of hydrogen-bond acceptors (Lipinski definition) is 8.